The second kappa shape index (κ2) is 6.81. The summed E-state index contributed by atoms with van der Waals surface area (Å²) in [6, 6.07) is 9.84. The first-order valence-electron chi connectivity index (χ1n) is 6.23. The van der Waals surface area contributed by atoms with Crippen molar-refractivity contribution in [1.82, 2.24) is 0 Å². The van der Waals surface area contributed by atoms with Crippen LogP contribution in [0.15, 0.2) is 47.9 Å². The molecule has 2 rings (SSSR count). The molecule has 0 bridgehead atoms. The minimum Gasteiger partial charge on any atom is -0.455 e. The van der Waals surface area contributed by atoms with Gasteiger partial charge in [-0.15, -0.1) is 11.3 Å². The zero-order chi connectivity index (χ0) is 15.2. The molecule has 0 amide bonds. The number of benzene rings is 1. The molecule has 0 aliphatic rings. The number of carbonyl (C=O) groups is 1. The quantitative estimate of drug-likeness (QED) is 0.362. The smallest absolute Gasteiger partial charge is 0.331 e. The first kappa shape index (κ1) is 14.9. The monoisotopic (exact) mass is 303 g/mol. The van der Waals surface area contributed by atoms with Gasteiger partial charge in [-0.1, -0.05) is 18.2 Å². The fourth-order valence-corrected chi connectivity index (χ4v) is 2.33. The first-order chi connectivity index (χ1) is 10.1. The molecule has 0 N–H and O–H groups in total. The molecule has 0 aliphatic heterocycles. The van der Waals surface area contributed by atoms with Crippen LogP contribution < -0.4 is 0 Å². The summed E-state index contributed by atoms with van der Waals surface area (Å²) in [5.41, 5.74) is 0.562. The topological polar surface area (TPSA) is 69.4 Å². The van der Waals surface area contributed by atoms with Crippen LogP contribution in [0.4, 0.5) is 5.69 Å². The lowest BCUT2D eigenvalue weighted by Crippen LogP contribution is -2.06. The molecular weight excluding hydrogens is 290 g/mol. The summed E-state index contributed by atoms with van der Waals surface area (Å²) >= 11 is 1.52. The van der Waals surface area contributed by atoms with Crippen LogP contribution in [0.2, 0.25) is 0 Å². The second-order valence-electron chi connectivity index (χ2n) is 4.28. The fraction of sp³-hybridized carbons (Fsp3) is 0.133. The normalized spacial score (nSPS) is 12.2. The van der Waals surface area contributed by atoms with Crippen molar-refractivity contribution in [2.24, 2.45) is 0 Å². The number of thiophene rings is 1. The Morgan fingerprint density at radius 3 is 2.86 bits per heavy atom. The van der Waals surface area contributed by atoms with E-state index in [0.29, 0.717) is 5.56 Å². The maximum atomic E-state index is 11.7. The molecule has 5 nitrogen and oxygen atoms in total. The summed E-state index contributed by atoms with van der Waals surface area (Å²) in [6.45, 7) is 1.68. The summed E-state index contributed by atoms with van der Waals surface area (Å²) in [4.78, 5) is 22.9. The molecule has 0 saturated carbocycles. The third-order valence-corrected chi connectivity index (χ3v) is 3.61. The van der Waals surface area contributed by atoms with Crippen LogP contribution in [-0.4, -0.2) is 10.9 Å². The average Bonchev–Trinajstić information content (AvgIpc) is 2.98. The van der Waals surface area contributed by atoms with Crippen LogP contribution in [0.1, 0.15) is 23.5 Å². The van der Waals surface area contributed by atoms with Crippen LogP contribution in [0.25, 0.3) is 6.08 Å². The zero-order valence-electron chi connectivity index (χ0n) is 11.3. The number of rotatable bonds is 5. The van der Waals surface area contributed by atoms with Gasteiger partial charge in [-0.2, -0.15) is 0 Å². The Morgan fingerprint density at radius 2 is 2.19 bits per heavy atom. The number of carbonyl (C=O) groups excluding carboxylic acids is 1. The van der Waals surface area contributed by atoms with Gasteiger partial charge in [-0.25, -0.2) is 4.79 Å². The van der Waals surface area contributed by atoms with Gasteiger partial charge in [0.1, 0.15) is 6.10 Å². The molecule has 1 aromatic heterocycles. The molecule has 0 aliphatic carbocycles. The molecule has 21 heavy (non-hydrogen) atoms. The number of esters is 1. The predicted octanol–water partition coefficient (Wildman–Crippen LogP) is 3.97. The first-order valence-corrected chi connectivity index (χ1v) is 7.11. The van der Waals surface area contributed by atoms with Crippen molar-refractivity contribution in [3.63, 3.8) is 0 Å². The van der Waals surface area contributed by atoms with E-state index in [0.717, 1.165) is 4.88 Å². The highest BCUT2D eigenvalue weighted by Crippen LogP contribution is 2.22. The van der Waals surface area contributed by atoms with Gasteiger partial charge >= 0.3 is 5.97 Å². The van der Waals surface area contributed by atoms with Crippen molar-refractivity contribution in [3.05, 3.63) is 68.4 Å². The number of nitro benzene ring substituents is 1. The number of ether oxygens (including phenoxy) is 1. The molecule has 0 radical (unpaired) electrons. The van der Waals surface area contributed by atoms with Gasteiger partial charge in [0.15, 0.2) is 0 Å². The van der Waals surface area contributed by atoms with E-state index >= 15 is 0 Å². The van der Waals surface area contributed by atoms with E-state index in [-0.39, 0.29) is 5.69 Å². The molecule has 0 spiro atoms. The van der Waals surface area contributed by atoms with Crippen molar-refractivity contribution in [2.45, 2.75) is 13.0 Å². The number of non-ortho nitro benzene ring substituents is 1. The highest BCUT2D eigenvalue weighted by Gasteiger charge is 2.13. The van der Waals surface area contributed by atoms with E-state index in [4.69, 9.17) is 4.74 Å². The summed E-state index contributed by atoms with van der Waals surface area (Å²) in [6.07, 6.45) is 2.47. The van der Waals surface area contributed by atoms with E-state index in [1.54, 1.807) is 25.1 Å². The molecule has 0 saturated heterocycles. The highest BCUT2D eigenvalue weighted by molar-refractivity contribution is 7.10. The summed E-state index contributed by atoms with van der Waals surface area (Å²) in [7, 11) is 0. The van der Waals surface area contributed by atoms with Crippen LogP contribution >= 0.6 is 11.3 Å². The van der Waals surface area contributed by atoms with Gasteiger partial charge in [-0.3, -0.25) is 10.1 Å². The van der Waals surface area contributed by atoms with Crippen molar-refractivity contribution in [2.75, 3.05) is 0 Å². The average molecular weight is 303 g/mol. The lowest BCUT2D eigenvalue weighted by atomic mass is 10.1. The molecule has 1 atom stereocenters. The maximum Gasteiger partial charge on any atom is 0.331 e. The Morgan fingerprint density at radius 1 is 1.38 bits per heavy atom. The molecule has 1 aromatic carbocycles. The van der Waals surface area contributed by atoms with Crippen LogP contribution in [0.3, 0.4) is 0 Å². The number of nitrogens with zero attached hydrogens (tertiary/aromatic N) is 1. The van der Waals surface area contributed by atoms with E-state index in [9.17, 15) is 14.9 Å². The van der Waals surface area contributed by atoms with Crippen LogP contribution in [0.5, 0.6) is 0 Å². The van der Waals surface area contributed by atoms with Crippen LogP contribution in [0, 0.1) is 10.1 Å². The number of hydrogen-bond acceptors (Lipinski definition) is 5. The Kier molecular flexibility index (Phi) is 4.84. The maximum absolute atomic E-state index is 11.7. The van der Waals surface area contributed by atoms with Gasteiger partial charge in [0.05, 0.1) is 4.92 Å². The minimum atomic E-state index is -0.551. The van der Waals surface area contributed by atoms with E-state index < -0.39 is 17.0 Å². The predicted molar refractivity (Wildman–Crippen MR) is 81.0 cm³/mol. The summed E-state index contributed by atoms with van der Waals surface area (Å²) in [5.74, 6) is -0.484. The number of nitro groups is 1. The van der Waals surface area contributed by atoms with Gasteiger partial charge in [0, 0.05) is 23.1 Å². The Hall–Kier alpha value is -2.47. The molecule has 2 aromatic rings. The Labute approximate surface area is 125 Å². The Bertz CT molecular complexity index is 664. The van der Waals surface area contributed by atoms with E-state index in [2.05, 4.69) is 0 Å². The lowest BCUT2D eigenvalue weighted by Gasteiger charge is -2.11. The molecular formula is C15H13NO4S. The molecule has 1 heterocycles. The summed E-state index contributed by atoms with van der Waals surface area (Å²) in [5, 5.41) is 12.6. The van der Waals surface area contributed by atoms with Crippen molar-refractivity contribution in [3.8, 4) is 0 Å². The SMILES string of the molecule is C[C@H](OC(=O)/C=C/c1cccs1)c1cccc([N+](=O)[O-])c1. The van der Waals surface area contributed by atoms with Gasteiger partial charge in [0.25, 0.3) is 5.69 Å². The second-order valence-corrected chi connectivity index (χ2v) is 5.26. The number of hydrogen-bond donors (Lipinski definition) is 0. The molecule has 108 valence electrons. The highest BCUT2D eigenvalue weighted by atomic mass is 32.1. The minimum absolute atomic E-state index is 0.0236. The van der Waals surface area contributed by atoms with Crippen molar-refractivity contribution in [1.29, 1.82) is 0 Å². The summed E-state index contributed by atoms with van der Waals surface area (Å²) < 4.78 is 5.23. The van der Waals surface area contributed by atoms with E-state index in [1.165, 1.54) is 29.5 Å². The zero-order valence-corrected chi connectivity index (χ0v) is 12.1. The third kappa shape index (κ3) is 4.25. The van der Waals surface area contributed by atoms with Crippen molar-refractivity contribution >= 4 is 29.1 Å². The standard InChI is InChI=1S/C15H13NO4S/c1-11(12-4-2-5-13(10-12)16(18)19)20-15(17)8-7-14-6-3-9-21-14/h2-11H,1H3/b8-7+/t11-/m0/s1. The molecule has 6 heteroatoms. The lowest BCUT2D eigenvalue weighted by molar-refractivity contribution is -0.385. The van der Waals surface area contributed by atoms with Gasteiger partial charge < -0.3 is 4.74 Å². The third-order valence-electron chi connectivity index (χ3n) is 2.77. The van der Waals surface area contributed by atoms with Crippen LogP contribution in [-0.2, 0) is 9.53 Å². The largest absolute Gasteiger partial charge is 0.455 e. The molecule has 0 unspecified atom stereocenters. The van der Waals surface area contributed by atoms with Gasteiger partial charge in [-0.05, 0) is 30.0 Å². The van der Waals surface area contributed by atoms with Gasteiger partial charge in [0.2, 0.25) is 0 Å². The molecule has 0 fully saturated rings. The Balaban J connectivity index is 2.00. The van der Waals surface area contributed by atoms with Crippen molar-refractivity contribution < 1.29 is 14.5 Å². The fourth-order valence-electron chi connectivity index (χ4n) is 1.71. The van der Waals surface area contributed by atoms with E-state index in [1.807, 2.05) is 17.5 Å².